The fourth-order valence-electron chi connectivity index (χ4n) is 1.13. The summed E-state index contributed by atoms with van der Waals surface area (Å²) in [5, 5.41) is 2.21. The van der Waals surface area contributed by atoms with Gasteiger partial charge in [0.25, 0.3) is 0 Å². The third-order valence-electron chi connectivity index (χ3n) is 2.00. The Balaban J connectivity index is 2.68. The average molecular weight is 276 g/mol. The lowest BCUT2D eigenvalue weighted by Crippen LogP contribution is -2.37. The molecule has 100 valence electrons. The van der Waals surface area contributed by atoms with Crippen LogP contribution >= 0.6 is 0 Å². The number of sulfonamides is 1. The Morgan fingerprint density at radius 3 is 2.56 bits per heavy atom. The molecule has 0 aliphatic heterocycles. The highest BCUT2D eigenvalue weighted by atomic mass is 32.2. The number of anilines is 1. The van der Waals surface area contributed by atoms with Gasteiger partial charge in [0.05, 0.1) is 10.6 Å². The van der Waals surface area contributed by atoms with Crippen molar-refractivity contribution in [3.63, 3.8) is 0 Å². The molecule has 9 heteroatoms. The van der Waals surface area contributed by atoms with E-state index in [0.717, 1.165) is 12.1 Å². The standard InChI is InChI=1S/C9H13FN4O3S/c10-7-5-6(1-2-8(7)11)18(16,17)14-4-3-13-9(12)15/h1-2,5,14H,3-4,11H2,(H3,12,13,15). The van der Waals surface area contributed by atoms with Crippen molar-refractivity contribution in [2.45, 2.75) is 4.90 Å². The van der Waals surface area contributed by atoms with Crippen LogP contribution in [0.1, 0.15) is 0 Å². The van der Waals surface area contributed by atoms with Crippen LogP contribution in [0.2, 0.25) is 0 Å². The molecule has 0 aromatic heterocycles. The van der Waals surface area contributed by atoms with E-state index >= 15 is 0 Å². The minimum Gasteiger partial charge on any atom is -0.396 e. The van der Waals surface area contributed by atoms with Gasteiger partial charge >= 0.3 is 6.03 Å². The van der Waals surface area contributed by atoms with Crippen molar-refractivity contribution in [2.24, 2.45) is 5.73 Å². The van der Waals surface area contributed by atoms with E-state index < -0.39 is 21.9 Å². The van der Waals surface area contributed by atoms with Gasteiger partial charge in [-0.25, -0.2) is 22.3 Å². The molecule has 18 heavy (non-hydrogen) atoms. The third-order valence-corrected chi connectivity index (χ3v) is 3.46. The molecule has 0 aliphatic rings. The van der Waals surface area contributed by atoms with Crippen molar-refractivity contribution in [3.05, 3.63) is 24.0 Å². The summed E-state index contributed by atoms with van der Waals surface area (Å²) in [6.07, 6.45) is 0. The fourth-order valence-corrected chi connectivity index (χ4v) is 2.17. The lowest BCUT2D eigenvalue weighted by atomic mass is 10.3. The Morgan fingerprint density at radius 1 is 1.33 bits per heavy atom. The molecule has 7 nitrogen and oxygen atoms in total. The molecule has 0 bridgehead atoms. The molecule has 0 heterocycles. The third kappa shape index (κ3) is 3.86. The van der Waals surface area contributed by atoms with Gasteiger partial charge in [-0.1, -0.05) is 0 Å². The lowest BCUT2D eigenvalue weighted by molar-refractivity contribution is 0.249. The largest absolute Gasteiger partial charge is 0.396 e. The van der Waals surface area contributed by atoms with Gasteiger partial charge < -0.3 is 16.8 Å². The monoisotopic (exact) mass is 276 g/mol. The number of carbonyl (C=O) groups is 1. The minimum atomic E-state index is -3.84. The van der Waals surface area contributed by atoms with Crippen LogP contribution in [0, 0.1) is 5.82 Å². The smallest absolute Gasteiger partial charge is 0.312 e. The number of nitrogens with two attached hydrogens (primary N) is 2. The average Bonchev–Trinajstić information content (AvgIpc) is 2.28. The van der Waals surface area contributed by atoms with E-state index in [9.17, 15) is 17.6 Å². The maximum absolute atomic E-state index is 13.1. The number of amides is 2. The van der Waals surface area contributed by atoms with Gasteiger partial charge in [0, 0.05) is 13.1 Å². The van der Waals surface area contributed by atoms with Gasteiger partial charge in [-0.3, -0.25) is 0 Å². The van der Waals surface area contributed by atoms with E-state index in [4.69, 9.17) is 11.5 Å². The molecule has 0 saturated carbocycles. The number of carbonyl (C=O) groups excluding carboxylic acids is 1. The Hall–Kier alpha value is -1.87. The second-order valence-electron chi connectivity index (χ2n) is 3.37. The highest BCUT2D eigenvalue weighted by Gasteiger charge is 2.14. The van der Waals surface area contributed by atoms with Crippen molar-refractivity contribution >= 4 is 21.7 Å². The van der Waals surface area contributed by atoms with Gasteiger partial charge in [0.2, 0.25) is 10.0 Å². The topological polar surface area (TPSA) is 127 Å². The van der Waals surface area contributed by atoms with E-state index in [2.05, 4.69) is 10.0 Å². The molecule has 0 fully saturated rings. The van der Waals surface area contributed by atoms with Gasteiger partial charge in [0.1, 0.15) is 5.82 Å². The van der Waals surface area contributed by atoms with Crippen LogP contribution in [0.4, 0.5) is 14.9 Å². The van der Waals surface area contributed by atoms with Crippen LogP contribution in [0.5, 0.6) is 0 Å². The fraction of sp³-hybridized carbons (Fsp3) is 0.222. The Kier molecular flexibility index (Phi) is 4.45. The molecule has 0 spiro atoms. The van der Waals surface area contributed by atoms with Gasteiger partial charge in [0.15, 0.2) is 0 Å². The summed E-state index contributed by atoms with van der Waals surface area (Å²) in [6.45, 7) is -0.0245. The number of hydrogen-bond acceptors (Lipinski definition) is 4. The van der Waals surface area contributed by atoms with Crippen molar-refractivity contribution < 1.29 is 17.6 Å². The zero-order chi connectivity index (χ0) is 13.8. The second kappa shape index (κ2) is 5.65. The van der Waals surface area contributed by atoms with E-state index in [0.29, 0.717) is 0 Å². The molecule has 0 saturated heterocycles. The Bertz CT molecular complexity index is 547. The zero-order valence-electron chi connectivity index (χ0n) is 9.31. The summed E-state index contributed by atoms with van der Waals surface area (Å²) in [5.41, 5.74) is 9.90. The number of nitrogen functional groups attached to an aromatic ring is 1. The molecule has 0 radical (unpaired) electrons. The predicted molar refractivity (Wildman–Crippen MR) is 63.6 cm³/mol. The minimum absolute atomic E-state index is 0.0337. The van der Waals surface area contributed by atoms with E-state index in [1.54, 1.807) is 0 Å². The maximum atomic E-state index is 13.1. The zero-order valence-corrected chi connectivity index (χ0v) is 10.1. The highest BCUT2D eigenvalue weighted by Crippen LogP contribution is 2.15. The van der Waals surface area contributed by atoms with Gasteiger partial charge in [-0.15, -0.1) is 0 Å². The van der Waals surface area contributed by atoms with Crippen LogP contribution in [-0.4, -0.2) is 27.5 Å². The second-order valence-corrected chi connectivity index (χ2v) is 5.14. The highest BCUT2D eigenvalue weighted by molar-refractivity contribution is 7.89. The summed E-state index contributed by atoms with van der Waals surface area (Å²) in [5.74, 6) is -0.812. The molecule has 1 rings (SSSR count). The summed E-state index contributed by atoms with van der Waals surface area (Å²) >= 11 is 0. The molecule has 0 atom stereocenters. The van der Waals surface area contributed by atoms with E-state index in [1.807, 2.05) is 0 Å². The van der Waals surface area contributed by atoms with E-state index in [1.165, 1.54) is 6.07 Å². The van der Waals surface area contributed by atoms with Crippen molar-refractivity contribution in [2.75, 3.05) is 18.8 Å². The first-order valence-electron chi connectivity index (χ1n) is 4.91. The number of urea groups is 1. The predicted octanol–water partition coefficient (Wildman–Crippen LogP) is -0.646. The number of nitrogens with one attached hydrogen (secondary N) is 2. The van der Waals surface area contributed by atoms with Crippen molar-refractivity contribution in [3.8, 4) is 0 Å². The van der Waals surface area contributed by atoms with Crippen LogP contribution < -0.4 is 21.5 Å². The van der Waals surface area contributed by atoms with Crippen molar-refractivity contribution in [1.82, 2.24) is 10.0 Å². The molecule has 6 N–H and O–H groups in total. The first-order chi connectivity index (χ1) is 8.33. The van der Waals surface area contributed by atoms with Gasteiger partial charge in [-0.2, -0.15) is 0 Å². The molecule has 0 unspecified atom stereocenters. The summed E-state index contributed by atoms with van der Waals surface area (Å²) in [4.78, 5) is 10.1. The number of hydrogen-bond donors (Lipinski definition) is 4. The first-order valence-corrected chi connectivity index (χ1v) is 6.39. The van der Waals surface area contributed by atoms with Crippen LogP contribution in [0.15, 0.2) is 23.1 Å². The molecular formula is C9H13FN4O3S. The quantitative estimate of drug-likeness (QED) is 0.421. The Labute approximate surface area is 103 Å². The lowest BCUT2D eigenvalue weighted by Gasteiger charge is -2.07. The van der Waals surface area contributed by atoms with Gasteiger partial charge in [-0.05, 0) is 18.2 Å². The normalized spacial score (nSPS) is 11.2. The SMILES string of the molecule is NC(=O)NCCNS(=O)(=O)c1ccc(N)c(F)c1. The number of rotatable bonds is 5. The Morgan fingerprint density at radius 2 is 2.00 bits per heavy atom. The molecule has 1 aromatic rings. The molecular weight excluding hydrogens is 263 g/mol. The van der Waals surface area contributed by atoms with Crippen LogP contribution in [-0.2, 0) is 10.0 Å². The van der Waals surface area contributed by atoms with Crippen molar-refractivity contribution in [1.29, 1.82) is 0 Å². The molecule has 0 aliphatic carbocycles. The molecule has 1 aromatic carbocycles. The summed E-state index contributed by atoms with van der Waals surface area (Å²) < 4.78 is 38.6. The van der Waals surface area contributed by atoms with E-state index in [-0.39, 0.29) is 23.7 Å². The summed E-state index contributed by atoms with van der Waals surface area (Å²) in [7, 11) is -3.84. The molecule has 2 amide bonds. The number of benzene rings is 1. The summed E-state index contributed by atoms with van der Waals surface area (Å²) in [6, 6.07) is 2.40. The van der Waals surface area contributed by atoms with Crippen LogP contribution in [0.25, 0.3) is 0 Å². The number of halogens is 1. The number of primary amides is 1. The van der Waals surface area contributed by atoms with Crippen LogP contribution in [0.3, 0.4) is 0 Å². The first kappa shape index (κ1) is 14.2. The maximum Gasteiger partial charge on any atom is 0.312 e.